The summed E-state index contributed by atoms with van der Waals surface area (Å²) < 4.78 is 6.11. The van der Waals surface area contributed by atoms with Crippen molar-refractivity contribution in [3.63, 3.8) is 0 Å². The molecule has 2 aromatic carbocycles. The number of hydrogen-bond acceptors (Lipinski definition) is 6. The molecule has 0 amide bonds. The van der Waals surface area contributed by atoms with Gasteiger partial charge >= 0.3 is 5.97 Å². The smallest absolute Gasteiger partial charge is 0.335 e. The van der Waals surface area contributed by atoms with Crippen LogP contribution in [0.5, 0.6) is 10.8 Å². The largest absolute Gasteiger partial charge is 0.478 e. The van der Waals surface area contributed by atoms with Crippen LogP contribution in [0, 0.1) is 6.92 Å². The van der Waals surface area contributed by atoms with Gasteiger partial charge in [-0.2, -0.15) is 0 Å². The fourth-order valence-corrected chi connectivity index (χ4v) is 3.59. The molecule has 0 atom stereocenters. The lowest BCUT2D eigenvalue weighted by Crippen LogP contribution is -1.99. The Morgan fingerprint density at radius 3 is 2.69 bits per heavy atom. The summed E-state index contributed by atoms with van der Waals surface area (Å²) >= 11 is 1.48. The van der Waals surface area contributed by atoms with Gasteiger partial charge in [0.25, 0.3) is 0 Å². The molecule has 0 bridgehead atoms. The summed E-state index contributed by atoms with van der Waals surface area (Å²) in [5.41, 5.74) is 2.63. The quantitative estimate of drug-likeness (QED) is 0.427. The zero-order valence-corrected chi connectivity index (χ0v) is 16.3. The maximum absolute atomic E-state index is 11.1. The van der Waals surface area contributed by atoms with E-state index in [2.05, 4.69) is 15.3 Å². The molecule has 0 saturated carbocycles. The second kappa shape index (κ2) is 8.12. The Morgan fingerprint density at radius 1 is 1.07 bits per heavy atom. The summed E-state index contributed by atoms with van der Waals surface area (Å²) in [5.74, 6) is 0.179. The molecule has 144 valence electrons. The van der Waals surface area contributed by atoms with Crippen LogP contribution in [-0.2, 0) is 0 Å². The molecule has 0 aliphatic carbocycles. The number of anilines is 2. The highest BCUT2D eigenvalue weighted by atomic mass is 32.1. The van der Waals surface area contributed by atoms with E-state index in [1.807, 2.05) is 37.3 Å². The molecule has 0 aliphatic rings. The first-order chi connectivity index (χ1) is 14.1. The van der Waals surface area contributed by atoms with Gasteiger partial charge in [-0.1, -0.05) is 47.7 Å². The summed E-state index contributed by atoms with van der Waals surface area (Å²) in [6.45, 7) is 1.94. The maximum atomic E-state index is 11.1. The zero-order chi connectivity index (χ0) is 20.2. The maximum Gasteiger partial charge on any atom is 0.335 e. The van der Waals surface area contributed by atoms with Crippen LogP contribution in [0.25, 0.3) is 11.3 Å². The van der Waals surface area contributed by atoms with Crippen LogP contribution >= 0.6 is 11.3 Å². The second-order valence-corrected chi connectivity index (χ2v) is 7.39. The molecule has 0 aliphatic heterocycles. The number of hydrogen-bond donors (Lipinski definition) is 2. The van der Waals surface area contributed by atoms with E-state index < -0.39 is 5.97 Å². The van der Waals surface area contributed by atoms with Crippen molar-refractivity contribution >= 4 is 28.8 Å². The normalized spacial score (nSPS) is 10.5. The number of ether oxygens (including phenoxy) is 1. The third-order valence-corrected chi connectivity index (χ3v) is 4.92. The minimum atomic E-state index is -0.979. The summed E-state index contributed by atoms with van der Waals surface area (Å²) in [7, 11) is 0. The van der Waals surface area contributed by atoms with Crippen LogP contribution in [0.4, 0.5) is 11.5 Å². The lowest BCUT2D eigenvalue weighted by Gasteiger charge is -2.09. The molecule has 6 nitrogen and oxygen atoms in total. The van der Waals surface area contributed by atoms with Crippen molar-refractivity contribution in [3.05, 3.63) is 83.5 Å². The number of benzene rings is 2. The molecule has 0 spiro atoms. The Hall–Kier alpha value is -3.71. The standard InChI is InChI=1S/C22H17N3O3S/c1-14-24-20(15-6-3-2-4-7-15)22(29-14)28-18-10-11-23-19(13-18)25-17-9-5-8-16(12-17)21(26)27/h2-13H,1H3,(H,23,25)(H,26,27). The summed E-state index contributed by atoms with van der Waals surface area (Å²) in [5, 5.41) is 13.9. The average molecular weight is 403 g/mol. The lowest BCUT2D eigenvalue weighted by atomic mass is 10.2. The van der Waals surface area contributed by atoms with Gasteiger partial charge in [-0.25, -0.2) is 14.8 Å². The van der Waals surface area contributed by atoms with Gasteiger partial charge in [-0.15, -0.1) is 0 Å². The van der Waals surface area contributed by atoms with Crippen molar-refractivity contribution in [1.29, 1.82) is 0 Å². The predicted octanol–water partition coefficient (Wildman–Crippen LogP) is 5.75. The molecule has 2 heterocycles. The van der Waals surface area contributed by atoms with Crippen molar-refractivity contribution in [2.45, 2.75) is 6.92 Å². The van der Waals surface area contributed by atoms with Gasteiger partial charge in [0.15, 0.2) is 0 Å². The van der Waals surface area contributed by atoms with E-state index in [0.717, 1.165) is 16.3 Å². The minimum Gasteiger partial charge on any atom is -0.478 e. The first-order valence-electron chi connectivity index (χ1n) is 8.85. The monoisotopic (exact) mass is 403 g/mol. The first-order valence-corrected chi connectivity index (χ1v) is 9.67. The number of carbonyl (C=O) groups is 1. The van der Waals surface area contributed by atoms with E-state index in [-0.39, 0.29) is 5.56 Å². The molecular formula is C22H17N3O3S. The van der Waals surface area contributed by atoms with Crippen molar-refractivity contribution in [1.82, 2.24) is 9.97 Å². The van der Waals surface area contributed by atoms with Crippen LogP contribution < -0.4 is 10.1 Å². The molecule has 29 heavy (non-hydrogen) atoms. The molecule has 2 aromatic heterocycles. The van der Waals surface area contributed by atoms with Crippen LogP contribution in [-0.4, -0.2) is 21.0 Å². The Kier molecular flexibility index (Phi) is 5.22. The third kappa shape index (κ3) is 4.41. The van der Waals surface area contributed by atoms with Crippen molar-refractivity contribution in [2.75, 3.05) is 5.32 Å². The molecule has 0 saturated heterocycles. The van der Waals surface area contributed by atoms with Crippen LogP contribution in [0.2, 0.25) is 0 Å². The van der Waals surface area contributed by atoms with Crippen molar-refractivity contribution in [2.24, 2.45) is 0 Å². The van der Waals surface area contributed by atoms with E-state index in [4.69, 9.17) is 9.84 Å². The van der Waals surface area contributed by atoms with E-state index in [1.54, 1.807) is 36.5 Å². The van der Waals surface area contributed by atoms with E-state index in [0.29, 0.717) is 22.3 Å². The minimum absolute atomic E-state index is 0.204. The molecule has 7 heteroatoms. The average Bonchev–Trinajstić information content (AvgIpc) is 3.09. The number of nitrogens with one attached hydrogen (secondary N) is 1. The summed E-state index contributed by atoms with van der Waals surface area (Å²) in [6.07, 6.45) is 1.63. The van der Waals surface area contributed by atoms with Gasteiger partial charge in [0.2, 0.25) is 5.06 Å². The van der Waals surface area contributed by atoms with Crippen LogP contribution in [0.1, 0.15) is 15.4 Å². The van der Waals surface area contributed by atoms with Gasteiger partial charge in [-0.3, -0.25) is 0 Å². The Bertz CT molecular complexity index is 1160. The Labute approximate surface area is 171 Å². The Balaban J connectivity index is 1.58. The fraction of sp³-hybridized carbons (Fsp3) is 0.0455. The molecule has 4 aromatic rings. The van der Waals surface area contributed by atoms with Gasteiger partial charge in [0.05, 0.1) is 10.6 Å². The number of thiazole rings is 1. The van der Waals surface area contributed by atoms with Gasteiger partial charge < -0.3 is 15.2 Å². The number of carboxylic acids is 1. The van der Waals surface area contributed by atoms with Crippen LogP contribution in [0.15, 0.2) is 72.9 Å². The summed E-state index contributed by atoms with van der Waals surface area (Å²) in [4.78, 5) is 20.0. The summed E-state index contributed by atoms with van der Waals surface area (Å²) in [6, 6.07) is 20.0. The number of nitrogens with zero attached hydrogens (tertiary/aromatic N) is 2. The van der Waals surface area contributed by atoms with Gasteiger partial charge in [0, 0.05) is 23.5 Å². The molecule has 0 radical (unpaired) electrons. The van der Waals surface area contributed by atoms with Crippen molar-refractivity contribution in [3.8, 4) is 22.1 Å². The lowest BCUT2D eigenvalue weighted by molar-refractivity contribution is 0.0697. The van der Waals surface area contributed by atoms with Gasteiger partial charge in [0.1, 0.15) is 17.3 Å². The van der Waals surface area contributed by atoms with E-state index in [9.17, 15) is 4.79 Å². The molecule has 4 rings (SSSR count). The van der Waals surface area contributed by atoms with Crippen molar-refractivity contribution < 1.29 is 14.6 Å². The SMILES string of the molecule is Cc1nc(-c2ccccc2)c(Oc2ccnc(Nc3cccc(C(=O)O)c3)c2)s1. The highest BCUT2D eigenvalue weighted by molar-refractivity contribution is 7.13. The number of aromatic carboxylic acids is 1. The highest BCUT2D eigenvalue weighted by Crippen LogP contribution is 2.38. The van der Waals surface area contributed by atoms with E-state index >= 15 is 0 Å². The highest BCUT2D eigenvalue weighted by Gasteiger charge is 2.14. The molecular weight excluding hydrogens is 386 g/mol. The number of aryl methyl sites for hydroxylation is 1. The number of rotatable bonds is 6. The second-order valence-electron chi connectivity index (χ2n) is 6.22. The molecule has 2 N–H and O–H groups in total. The first kappa shape index (κ1) is 18.6. The topological polar surface area (TPSA) is 84.3 Å². The number of carboxylic acid groups (broad SMARTS) is 1. The zero-order valence-electron chi connectivity index (χ0n) is 15.5. The Morgan fingerprint density at radius 2 is 1.90 bits per heavy atom. The fourth-order valence-electron chi connectivity index (χ4n) is 2.78. The molecule has 0 fully saturated rings. The number of aromatic nitrogens is 2. The van der Waals surface area contributed by atoms with E-state index in [1.165, 1.54) is 17.4 Å². The predicted molar refractivity (Wildman–Crippen MR) is 113 cm³/mol. The third-order valence-electron chi connectivity index (χ3n) is 4.07. The number of pyridine rings is 1. The molecule has 0 unspecified atom stereocenters. The van der Waals surface area contributed by atoms with Crippen LogP contribution in [0.3, 0.4) is 0 Å². The van der Waals surface area contributed by atoms with Gasteiger partial charge in [-0.05, 0) is 31.2 Å².